The third-order valence-electron chi connectivity index (χ3n) is 4.04. The van der Waals surface area contributed by atoms with E-state index in [4.69, 9.17) is 5.11 Å². The van der Waals surface area contributed by atoms with Gasteiger partial charge in [0.1, 0.15) is 0 Å². The van der Waals surface area contributed by atoms with Gasteiger partial charge in [-0.3, -0.25) is 4.57 Å². The van der Waals surface area contributed by atoms with Crippen molar-refractivity contribution in [2.24, 2.45) is 0 Å². The molecular formula is C18H30N2O4. The third-order valence-corrected chi connectivity index (χ3v) is 4.04. The van der Waals surface area contributed by atoms with Crippen LogP contribution >= 0.6 is 0 Å². The maximum atomic E-state index is 11.4. The average molecular weight is 338 g/mol. The summed E-state index contributed by atoms with van der Waals surface area (Å²) in [6.07, 6.45) is 15.7. The molecule has 2 N–H and O–H groups in total. The van der Waals surface area contributed by atoms with Gasteiger partial charge in [0.2, 0.25) is 0 Å². The topological polar surface area (TPSA) is 84.3 Å². The van der Waals surface area contributed by atoms with Crippen molar-refractivity contribution in [2.45, 2.75) is 71.1 Å². The molecule has 1 aromatic rings. The third kappa shape index (κ3) is 9.22. The van der Waals surface area contributed by atoms with Gasteiger partial charge < -0.3 is 14.8 Å². The van der Waals surface area contributed by atoms with E-state index in [1.165, 1.54) is 32.1 Å². The molecule has 0 radical (unpaired) electrons. The number of carboxylic acid groups (broad SMARTS) is 1. The summed E-state index contributed by atoms with van der Waals surface area (Å²) in [7, 11) is 0. The van der Waals surface area contributed by atoms with Crippen molar-refractivity contribution in [3.63, 3.8) is 0 Å². The fraction of sp³-hybridized carbons (Fsp3) is 0.667. The maximum Gasteiger partial charge on any atom is 0.505 e. The fourth-order valence-corrected chi connectivity index (χ4v) is 2.65. The summed E-state index contributed by atoms with van der Waals surface area (Å²) in [6, 6.07) is 0. The highest BCUT2D eigenvalue weighted by molar-refractivity contribution is 5.56. The monoisotopic (exact) mass is 338 g/mol. The Bertz CT molecular complexity index is 545. The molecule has 24 heavy (non-hydrogen) atoms. The van der Waals surface area contributed by atoms with E-state index in [-0.39, 0.29) is 5.69 Å². The molecule has 6 heteroatoms. The number of hydrogen-bond acceptors (Lipinski definition) is 3. The van der Waals surface area contributed by atoms with Crippen LogP contribution in [-0.4, -0.2) is 27.4 Å². The van der Waals surface area contributed by atoms with Crippen molar-refractivity contribution >= 4 is 11.9 Å². The second kappa shape index (κ2) is 12.4. The Morgan fingerprint density at radius 1 is 1.12 bits per heavy atom. The number of ether oxygens (including phenoxy) is 1. The molecule has 1 heterocycles. The number of unbranched alkanes of at least 4 members (excludes halogenated alkanes) is 9. The second-order valence-corrected chi connectivity index (χ2v) is 6.07. The van der Waals surface area contributed by atoms with Crippen molar-refractivity contribution < 1.29 is 14.6 Å². The number of aromatic amines is 1. The fourth-order valence-electron chi connectivity index (χ4n) is 2.65. The van der Waals surface area contributed by atoms with Gasteiger partial charge in [-0.2, -0.15) is 0 Å². The Kier molecular flexibility index (Phi) is 10.4. The van der Waals surface area contributed by atoms with Crippen LogP contribution in [0.5, 0.6) is 0 Å². The summed E-state index contributed by atoms with van der Waals surface area (Å²) in [5.41, 5.74) is 0.895. The summed E-state index contributed by atoms with van der Waals surface area (Å²) < 4.78 is 6.09. The SMILES string of the molecule is CC(=CCCCCCCCCCCCOC(=O)O)n1cc[nH]c1=O. The predicted molar refractivity (Wildman–Crippen MR) is 95.1 cm³/mol. The van der Waals surface area contributed by atoms with Crippen molar-refractivity contribution in [2.75, 3.05) is 6.61 Å². The lowest BCUT2D eigenvalue weighted by molar-refractivity contribution is 0.0899. The van der Waals surface area contributed by atoms with E-state index in [2.05, 4.69) is 15.8 Å². The smallest absolute Gasteiger partial charge is 0.450 e. The summed E-state index contributed by atoms with van der Waals surface area (Å²) >= 11 is 0. The molecule has 0 unspecified atom stereocenters. The van der Waals surface area contributed by atoms with Crippen molar-refractivity contribution in [1.82, 2.24) is 9.55 Å². The van der Waals surface area contributed by atoms with Gasteiger partial charge in [0.15, 0.2) is 0 Å². The number of nitrogens with one attached hydrogen (secondary N) is 1. The molecule has 6 nitrogen and oxygen atoms in total. The van der Waals surface area contributed by atoms with E-state index < -0.39 is 6.16 Å². The molecule has 0 aliphatic carbocycles. The van der Waals surface area contributed by atoms with Crippen LogP contribution < -0.4 is 5.69 Å². The van der Waals surface area contributed by atoms with E-state index in [0.717, 1.165) is 37.8 Å². The molecular weight excluding hydrogens is 308 g/mol. The van der Waals surface area contributed by atoms with E-state index in [1.54, 1.807) is 17.0 Å². The number of rotatable bonds is 13. The lowest BCUT2D eigenvalue weighted by atomic mass is 10.1. The van der Waals surface area contributed by atoms with Crippen LogP contribution in [0.2, 0.25) is 0 Å². The van der Waals surface area contributed by atoms with Crippen molar-refractivity contribution in [1.29, 1.82) is 0 Å². The van der Waals surface area contributed by atoms with Gasteiger partial charge in [0.05, 0.1) is 6.61 Å². The van der Waals surface area contributed by atoms with E-state index >= 15 is 0 Å². The zero-order chi connectivity index (χ0) is 17.6. The van der Waals surface area contributed by atoms with Gasteiger partial charge in [-0.05, 0) is 26.2 Å². The molecule has 0 bridgehead atoms. The molecule has 0 saturated heterocycles. The van der Waals surface area contributed by atoms with Gasteiger partial charge in [-0.25, -0.2) is 9.59 Å². The van der Waals surface area contributed by atoms with Crippen molar-refractivity contribution in [3.05, 3.63) is 29.0 Å². The molecule has 0 atom stereocenters. The Balaban J connectivity index is 1.90. The predicted octanol–water partition coefficient (Wildman–Crippen LogP) is 4.63. The molecule has 0 spiro atoms. The maximum absolute atomic E-state index is 11.4. The molecule has 136 valence electrons. The number of hydrogen-bond donors (Lipinski definition) is 2. The zero-order valence-electron chi connectivity index (χ0n) is 14.6. The van der Waals surface area contributed by atoms with Crippen LogP contribution in [-0.2, 0) is 4.74 Å². The summed E-state index contributed by atoms with van der Waals surface area (Å²) in [5.74, 6) is 0. The highest BCUT2D eigenvalue weighted by Gasteiger charge is 1.98. The highest BCUT2D eigenvalue weighted by Crippen LogP contribution is 2.12. The molecule has 0 aromatic carbocycles. The average Bonchev–Trinajstić information content (AvgIpc) is 2.97. The normalized spacial score (nSPS) is 11.6. The first kappa shape index (κ1) is 20.1. The van der Waals surface area contributed by atoms with E-state index in [0.29, 0.717) is 6.61 Å². The minimum Gasteiger partial charge on any atom is -0.450 e. The number of H-pyrrole nitrogens is 1. The number of nitrogens with zero attached hydrogens (tertiary/aromatic N) is 1. The highest BCUT2D eigenvalue weighted by atomic mass is 16.7. The van der Waals surface area contributed by atoms with Crippen LogP contribution in [0.3, 0.4) is 0 Å². The quantitative estimate of drug-likeness (QED) is 0.405. The summed E-state index contributed by atoms with van der Waals surface area (Å²) in [4.78, 5) is 24.2. The van der Waals surface area contributed by atoms with E-state index in [9.17, 15) is 9.59 Å². The Morgan fingerprint density at radius 3 is 2.25 bits per heavy atom. The Hall–Kier alpha value is -1.98. The zero-order valence-corrected chi connectivity index (χ0v) is 14.6. The molecule has 1 aromatic heterocycles. The van der Waals surface area contributed by atoms with Gasteiger partial charge in [-0.15, -0.1) is 0 Å². The molecule has 0 amide bonds. The Morgan fingerprint density at radius 2 is 1.71 bits per heavy atom. The van der Waals surface area contributed by atoms with Crippen LogP contribution in [0.1, 0.15) is 71.1 Å². The van der Waals surface area contributed by atoms with Crippen LogP contribution in [0.25, 0.3) is 5.70 Å². The number of allylic oxidation sites excluding steroid dienone is 2. The minimum absolute atomic E-state index is 0.0849. The largest absolute Gasteiger partial charge is 0.505 e. The minimum atomic E-state index is -1.18. The van der Waals surface area contributed by atoms with Gasteiger partial charge in [-0.1, -0.05) is 51.0 Å². The van der Waals surface area contributed by atoms with Crippen molar-refractivity contribution in [3.8, 4) is 0 Å². The first-order valence-corrected chi connectivity index (χ1v) is 8.90. The molecule has 0 fully saturated rings. The number of imidazole rings is 1. The summed E-state index contributed by atoms with van der Waals surface area (Å²) in [5, 5.41) is 8.32. The second-order valence-electron chi connectivity index (χ2n) is 6.07. The van der Waals surface area contributed by atoms with Gasteiger partial charge in [0.25, 0.3) is 0 Å². The first-order valence-electron chi connectivity index (χ1n) is 8.90. The lowest BCUT2D eigenvalue weighted by Crippen LogP contribution is -2.13. The lowest BCUT2D eigenvalue weighted by Gasteiger charge is -2.03. The standard InChI is InChI=1S/C18H30N2O4/c1-16(20-14-13-19-17(20)21)12-10-8-6-4-2-3-5-7-9-11-15-24-18(22)23/h12-14H,2-11,15H2,1H3,(H,19,21)(H,22,23). The van der Waals surface area contributed by atoms with Crippen LogP contribution in [0.4, 0.5) is 4.79 Å². The van der Waals surface area contributed by atoms with Crippen LogP contribution in [0.15, 0.2) is 23.3 Å². The number of carbonyl (C=O) groups is 1. The molecule has 1 rings (SSSR count). The van der Waals surface area contributed by atoms with Gasteiger partial charge >= 0.3 is 11.8 Å². The first-order chi connectivity index (χ1) is 11.6. The summed E-state index contributed by atoms with van der Waals surface area (Å²) in [6.45, 7) is 2.27. The Labute approximate surface area is 143 Å². The number of aromatic nitrogens is 2. The molecule has 0 saturated carbocycles. The van der Waals surface area contributed by atoms with E-state index in [1.807, 2.05) is 6.92 Å². The van der Waals surface area contributed by atoms with Crippen LogP contribution in [0, 0.1) is 0 Å². The molecule has 0 aliphatic rings. The molecule has 0 aliphatic heterocycles. The van der Waals surface area contributed by atoms with Gasteiger partial charge in [0, 0.05) is 18.1 Å².